The number of pyridine rings is 1. The molecule has 2 aromatic heterocycles. The van der Waals surface area contributed by atoms with Crippen LogP contribution in [0.5, 0.6) is 0 Å². The summed E-state index contributed by atoms with van der Waals surface area (Å²) in [5.74, 6) is 0. The minimum Gasteiger partial charge on any atom is -0.307 e. The van der Waals surface area contributed by atoms with Crippen LogP contribution in [0.4, 0.5) is 0 Å². The minimum atomic E-state index is 0.951. The number of hydrogen-bond donors (Lipinski definition) is 0. The molecule has 0 atom stereocenters. The molecule has 0 amide bonds. The van der Waals surface area contributed by atoms with E-state index in [2.05, 4.69) is 11.9 Å². The van der Waals surface area contributed by atoms with Gasteiger partial charge in [-0.25, -0.2) is 4.98 Å². The third kappa shape index (κ3) is 0.692. The van der Waals surface area contributed by atoms with Crippen LogP contribution >= 0.6 is 0 Å². The number of nitrogens with zero attached hydrogens (tertiary/aromatic N) is 2. The summed E-state index contributed by atoms with van der Waals surface area (Å²) >= 11 is 0. The van der Waals surface area contributed by atoms with Crippen molar-refractivity contribution in [3.63, 3.8) is 0 Å². The second-order valence-electron chi connectivity index (χ2n) is 2.23. The van der Waals surface area contributed by atoms with Crippen molar-refractivity contribution in [1.82, 2.24) is 9.38 Å². The Morgan fingerprint density at radius 3 is 3.20 bits per heavy atom. The smallest absolute Gasteiger partial charge is 0.136 e. The highest BCUT2D eigenvalue weighted by atomic mass is 15.0. The first kappa shape index (κ1) is 5.47. The number of aromatic nitrogens is 2. The second kappa shape index (κ2) is 1.84. The topological polar surface area (TPSA) is 17.3 Å². The molecule has 0 bridgehead atoms. The van der Waals surface area contributed by atoms with Gasteiger partial charge in [-0.3, -0.25) is 0 Å². The van der Waals surface area contributed by atoms with Gasteiger partial charge in [-0.15, -0.1) is 0 Å². The van der Waals surface area contributed by atoms with Crippen LogP contribution in [-0.4, -0.2) is 9.38 Å². The van der Waals surface area contributed by atoms with E-state index in [1.807, 2.05) is 28.9 Å². The lowest BCUT2D eigenvalue weighted by molar-refractivity contribution is 1.18. The fourth-order valence-corrected chi connectivity index (χ4v) is 0.952. The van der Waals surface area contributed by atoms with Gasteiger partial charge in [-0.2, -0.15) is 0 Å². The first-order chi connectivity index (χ1) is 4.86. The molecule has 0 saturated carbocycles. The first-order valence-electron chi connectivity index (χ1n) is 3.11. The summed E-state index contributed by atoms with van der Waals surface area (Å²) in [5, 5.41) is 0. The summed E-state index contributed by atoms with van der Waals surface area (Å²) < 4.78 is 1.95. The molecule has 0 aromatic carbocycles. The molecule has 2 nitrogen and oxygen atoms in total. The van der Waals surface area contributed by atoms with Crippen molar-refractivity contribution in [2.45, 2.75) is 0 Å². The SMILES string of the molecule is [CH2]c1ccn2ccnc2c1. The Hall–Kier alpha value is -1.31. The Labute approximate surface area is 59.1 Å². The molecule has 2 rings (SSSR count). The predicted molar refractivity (Wildman–Crippen MR) is 39.7 cm³/mol. The fraction of sp³-hybridized carbons (Fsp3) is 0. The molecular weight excluding hydrogens is 124 g/mol. The number of hydrogen-bond acceptors (Lipinski definition) is 1. The molecular formula is C8H7N2. The third-order valence-corrected chi connectivity index (χ3v) is 1.46. The standard InChI is InChI=1S/C8H7N2/c1-7-2-4-10-5-3-9-8(10)6-7/h2-6H,1H2. The molecule has 0 aliphatic heterocycles. The van der Waals surface area contributed by atoms with Gasteiger partial charge in [0.2, 0.25) is 0 Å². The largest absolute Gasteiger partial charge is 0.307 e. The zero-order valence-corrected chi connectivity index (χ0v) is 5.49. The van der Waals surface area contributed by atoms with E-state index in [-0.39, 0.29) is 0 Å². The van der Waals surface area contributed by atoms with Crippen LogP contribution in [0.15, 0.2) is 30.7 Å². The zero-order valence-electron chi connectivity index (χ0n) is 5.49. The average molecular weight is 131 g/mol. The Bertz CT molecular complexity index is 349. The van der Waals surface area contributed by atoms with Crippen LogP contribution < -0.4 is 0 Å². The van der Waals surface area contributed by atoms with Gasteiger partial charge in [0.25, 0.3) is 0 Å². The van der Waals surface area contributed by atoms with Crippen LogP contribution in [0.1, 0.15) is 5.56 Å². The fourth-order valence-electron chi connectivity index (χ4n) is 0.952. The quantitative estimate of drug-likeness (QED) is 0.529. The Morgan fingerprint density at radius 1 is 1.40 bits per heavy atom. The van der Waals surface area contributed by atoms with E-state index in [9.17, 15) is 0 Å². The lowest BCUT2D eigenvalue weighted by Crippen LogP contribution is -1.81. The van der Waals surface area contributed by atoms with Crippen molar-refractivity contribution >= 4 is 5.65 Å². The van der Waals surface area contributed by atoms with Gasteiger partial charge in [-0.05, 0) is 24.6 Å². The Morgan fingerprint density at radius 2 is 2.30 bits per heavy atom. The monoisotopic (exact) mass is 131 g/mol. The van der Waals surface area contributed by atoms with E-state index in [0.29, 0.717) is 0 Å². The highest BCUT2D eigenvalue weighted by molar-refractivity contribution is 5.41. The summed E-state index contributed by atoms with van der Waals surface area (Å²) in [6.45, 7) is 3.80. The van der Waals surface area contributed by atoms with Crippen molar-refractivity contribution in [3.05, 3.63) is 43.2 Å². The average Bonchev–Trinajstić information content (AvgIpc) is 2.33. The molecule has 1 radical (unpaired) electrons. The molecule has 0 aliphatic carbocycles. The molecule has 49 valence electrons. The van der Waals surface area contributed by atoms with Crippen LogP contribution in [-0.2, 0) is 0 Å². The van der Waals surface area contributed by atoms with Gasteiger partial charge in [0.1, 0.15) is 5.65 Å². The lowest BCUT2D eigenvalue weighted by atomic mass is 10.3. The third-order valence-electron chi connectivity index (χ3n) is 1.46. The van der Waals surface area contributed by atoms with Gasteiger partial charge in [-0.1, -0.05) is 0 Å². The molecule has 0 fully saturated rings. The van der Waals surface area contributed by atoms with Crippen molar-refractivity contribution in [2.75, 3.05) is 0 Å². The Balaban J connectivity index is 2.86. The van der Waals surface area contributed by atoms with Crippen molar-refractivity contribution in [3.8, 4) is 0 Å². The minimum absolute atomic E-state index is 0.951. The maximum Gasteiger partial charge on any atom is 0.136 e. The first-order valence-corrected chi connectivity index (χ1v) is 3.11. The second-order valence-corrected chi connectivity index (χ2v) is 2.23. The predicted octanol–water partition coefficient (Wildman–Crippen LogP) is 1.52. The van der Waals surface area contributed by atoms with E-state index >= 15 is 0 Å². The molecule has 2 aromatic rings. The normalized spacial score (nSPS) is 10.5. The summed E-state index contributed by atoms with van der Waals surface area (Å²) in [4.78, 5) is 4.10. The van der Waals surface area contributed by atoms with Crippen LogP contribution in [0, 0.1) is 6.92 Å². The molecule has 0 saturated heterocycles. The summed E-state index contributed by atoms with van der Waals surface area (Å²) in [7, 11) is 0. The van der Waals surface area contributed by atoms with Crippen LogP contribution in [0.25, 0.3) is 5.65 Å². The molecule has 2 heterocycles. The molecule has 0 spiro atoms. The summed E-state index contributed by atoms with van der Waals surface area (Å²) in [6.07, 6.45) is 5.63. The van der Waals surface area contributed by atoms with Crippen molar-refractivity contribution in [2.24, 2.45) is 0 Å². The summed E-state index contributed by atoms with van der Waals surface area (Å²) in [6, 6.07) is 3.90. The van der Waals surface area contributed by atoms with Crippen molar-refractivity contribution < 1.29 is 0 Å². The molecule has 2 heteroatoms. The molecule has 0 aliphatic rings. The van der Waals surface area contributed by atoms with E-state index in [1.165, 1.54) is 0 Å². The van der Waals surface area contributed by atoms with E-state index < -0.39 is 0 Å². The number of imidazole rings is 1. The number of rotatable bonds is 0. The Kier molecular flexibility index (Phi) is 1.01. The molecule has 0 unspecified atom stereocenters. The van der Waals surface area contributed by atoms with E-state index in [0.717, 1.165) is 11.2 Å². The lowest BCUT2D eigenvalue weighted by Gasteiger charge is -1.92. The molecule has 0 N–H and O–H groups in total. The zero-order chi connectivity index (χ0) is 6.97. The van der Waals surface area contributed by atoms with Gasteiger partial charge < -0.3 is 4.40 Å². The maximum atomic E-state index is 4.10. The van der Waals surface area contributed by atoms with Gasteiger partial charge in [0, 0.05) is 18.6 Å². The van der Waals surface area contributed by atoms with Crippen molar-refractivity contribution in [1.29, 1.82) is 0 Å². The maximum absolute atomic E-state index is 4.10. The molecule has 10 heavy (non-hydrogen) atoms. The van der Waals surface area contributed by atoms with Crippen LogP contribution in [0.3, 0.4) is 0 Å². The summed E-state index contributed by atoms with van der Waals surface area (Å²) in [5.41, 5.74) is 1.95. The van der Waals surface area contributed by atoms with Gasteiger partial charge >= 0.3 is 0 Å². The van der Waals surface area contributed by atoms with Crippen LogP contribution in [0.2, 0.25) is 0 Å². The van der Waals surface area contributed by atoms with E-state index in [4.69, 9.17) is 0 Å². The number of fused-ring (bicyclic) bond motifs is 1. The van der Waals surface area contributed by atoms with Gasteiger partial charge in [0.05, 0.1) is 0 Å². The van der Waals surface area contributed by atoms with Gasteiger partial charge in [0.15, 0.2) is 0 Å². The highest BCUT2D eigenvalue weighted by Crippen LogP contribution is 2.02. The highest BCUT2D eigenvalue weighted by Gasteiger charge is 1.90. The van der Waals surface area contributed by atoms with E-state index in [1.54, 1.807) is 6.20 Å².